The highest BCUT2D eigenvalue weighted by molar-refractivity contribution is 6.24. The van der Waals surface area contributed by atoms with Crippen LogP contribution in [0.1, 0.15) is 55.2 Å². The number of alkyl halides is 3. The van der Waals surface area contributed by atoms with Crippen molar-refractivity contribution < 1.29 is 67.4 Å². The Kier molecular flexibility index (Phi) is 10.2. The average molecular weight is 724 g/mol. The van der Waals surface area contributed by atoms with Gasteiger partial charge in [-0.25, -0.2) is 0 Å². The van der Waals surface area contributed by atoms with Gasteiger partial charge in [-0.15, -0.1) is 0 Å². The third kappa shape index (κ3) is 6.29. The maximum absolute atomic E-state index is 14.4. The molecular formula is C34H40F3N3O11. The number of primary amides is 1. The van der Waals surface area contributed by atoms with Gasteiger partial charge in [0.1, 0.15) is 28.6 Å². The number of aliphatic hydroxyl groups is 4. The Balaban J connectivity index is 1.55. The largest absolute Gasteiger partial charge is 0.508 e. The van der Waals surface area contributed by atoms with E-state index in [0.717, 1.165) is 12.0 Å². The minimum Gasteiger partial charge on any atom is -0.508 e. The summed E-state index contributed by atoms with van der Waals surface area (Å²) in [5.74, 6) is -13.7. The van der Waals surface area contributed by atoms with Crippen LogP contribution in [0.2, 0.25) is 0 Å². The number of rotatable bonds is 9. The molecule has 1 unspecified atom stereocenters. The van der Waals surface area contributed by atoms with Crippen molar-refractivity contribution in [2.24, 2.45) is 23.5 Å². The number of ether oxygens (including phenoxy) is 1. The van der Waals surface area contributed by atoms with Gasteiger partial charge in [0, 0.05) is 30.0 Å². The molecule has 5 rings (SSSR count). The smallest absolute Gasteiger partial charge is 0.391 e. The Hall–Kier alpha value is -4.32. The lowest BCUT2D eigenvalue weighted by Gasteiger charge is -2.54. The molecule has 0 aromatic heterocycles. The van der Waals surface area contributed by atoms with E-state index in [1.807, 2.05) is 0 Å². The number of methoxy groups -OCH3 is 1. The number of nitrogens with zero attached hydrogens (tertiary/aromatic N) is 2. The van der Waals surface area contributed by atoms with E-state index in [1.165, 1.54) is 19.2 Å². The maximum atomic E-state index is 14.4. The topological polar surface area (TPSA) is 228 Å². The average Bonchev–Trinajstić information content (AvgIpc) is 3.05. The molecule has 1 heterocycles. The summed E-state index contributed by atoms with van der Waals surface area (Å²) in [6.07, 6.45) is -7.10. The highest BCUT2D eigenvalue weighted by atomic mass is 19.4. The molecule has 1 saturated heterocycles. The molecule has 14 nitrogen and oxygen atoms in total. The number of ketones is 3. The van der Waals surface area contributed by atoms with Crippen molar-refractivity contribution >= 4 is 35.0 Å². The minimum atomic E-state index is -4.32. The SMILES string of the molecule is COC(=O)CCC(=O)CN(C)[C@@H]1C(=O)C(C(N)=O)=C(O)[C@@]2(O)C(=O)C3=C(O)c4c(ccc(CN5CCC(C(F)(F)F)CC5)c4O)[C@H](C)[C@H]3C(O)[C@@H]12. The van der Waals surface area contributed by atoms with Crippen LogP contribution in [0.15, 0.2) is 29.0 Å². The van der Waals surface area contributed by atoms with Crippen LogP contribution in [-0.4, -0.2) is 122 Å². The summed E-state index contributed by atoms with van der Waals surface area (Å²) in [6, 6.07) is 1.25. The molecule has 2 fully saturated rings. The third-order valence-electron chi connectivity index (χ3n) is 10.8. The summed E-state index contributed by atoms with van der Waals surface area (Å²) in [5, 5.41) is 58.2. The van der Waals surface area contributed by atoms with Gasteiger partial charge in [0.05, 0.1) is 49.6 Å². The molecule has 1 saturated carbocycles. The van der Waals surface area contributed by atoms with E-state index < -0.39 is 112 Å². The van der Waals surface area contributed by atoms with E-state index in [1.54, 1.807) is 11.8 Å². The van der Waals surface area contributed by atoms with Gasteiger partial charge in [0.2, 0.25) is 5.78 Å². The molecular weight excluding hydrogens is 683 g/mol. The van der Waals surface area contributed by atoms with Crippen LogP contribution in [0.4, 0.5) is 13.2 Å². The van der Waals surface area contributed by atoms with Gasteiger partial charge in [-0.1, -0.05) is 19.1 Å². The lowest BCUT2D eigenvalue weighted by molar-refractivity contribution is -0.185. The number of likely N-dealkylation sites (N-methyl/N-ethyl adjacent to an activating group) is 1. The first-order valence-corrected chi connectivity index (χ1v) is 16.4. The number of esters is 1. The first-order valence-electron chi connectivity index (χ1n) is 16.4. The fourth-order valence-corrected chi connectivity index (χ4v) is 8.16. The highest BCUT2D eigenvalue weighted by Crippen LogP contribution is 2.56. The molecule has 51 heavy (non-hydrogen) atoms. The van der Waals surface area contributed by atoms with Crippen molar-refractivity contribution in [2.45, 2.75) is 69.0 Å². The second-order valence-corrected chi connectivity index (χ2v) is 13.7. The number of phenolic OH excluding ortho intramolecular Hbond substituents is 1. The number of aliphatic hydroxyl groups excluding tert-OH is 3. The van der Waals surface area contributed by atoms with Crippen molar-refractivity contribution in [1.29, 1.82) is 0 Å². The van der Waals surface area contributed by atoms with Crippen molar-refractivity contribution in [3.63, 3.8) is 0 Å². The second-order valence-electron chi connectivity index (χ2n) is 13.7. The van der Waals surface area contributed by atoms with Crippen LogP contribution in [0.3, 0.4) is 0 Å². The predicted octanol–water partition coefficient (Wildman–Crippen LogP) is 1.16. The predicted molar refractivity (Wildman–Crippen MR) is 170 cm³/mol. The van der Waals surface area contributed by atoms with Crippen molar-refractivity contribution in [3.05, 3.63) is 45.7 Å². The fraction of sp³-hybridized carbons (Fsp3) is 0.559. The zero-order chi connectivity index (χ0) is 37.9. The molecule has 0 radical (unpaired) electrons. The van der Waals surface area contributed by atoms with Gasteiger partial charge in [0.15, 0.2) is 11.4 Å². The quantitative estimate of drug-likeness (QED) is 0.156. The number of likely N-dealkylation sites (tertiary alicyclic amines) is 1. The Bertz CT molecular complexity index is 1730. The van der Waals surface area contributed by atoms with E-state index >= 15 is 0 Å². The van der Waals surface area contributed by atoms with Crippen molar-refractivity contribution in [2.75, 3.05) is 33.8 Å². The van der Waals surface area contributed by atoms with Crippen LogP contribution in [0, 0.1) is 17.8 Å². The lowest BCUT2D eigenvalue weighted by Crippen LogP contribution is -2.71. The Labute approximate surface area is 289 Å². The number of fused-ring (bicyclic) bond motifs is 3. The first kappa shape index (κ1) is 37.9. The number of benzene rings is 1. The van der Waals surface area contributed by atoms with Gasteiger partial charge in [-0.05, 0) is 44.5 Å². The van der Waals surface area contributed by atoms with Crippen LogP contribution in [-0.2, 0) is 35.3 Å². The third-order valence-corrected chi connectivity index (χ3v) is 10.8. The van der Waals surface area contributed by atoms with E-state index in [2.05, 4.69) is 4.74 Å². The molecule has 1 aromatic rings. The molecule has 7 N–H and O–H groups in total. The monoisotopic (exact) mass is 723 g/mol. The number of nitrogens with two attached hydrogens (primary N) is 1. The number of carbonyl (C=O) groups excluding carboxylic acids is 5. The molecule has 1 aliphatic heterocycles. The number of halogens is 3. The van der Waals surface area contributed by atoms with E-state index in [0.29, 0.717) is 0 Å². The summed E-state index contributed by atoms with van der Waals surface area (Å²) in [5.41, 5.74) is 0.665. The van der Waals surface area contributed by atoms with E-state index in [-0.39, 0.29) is 62.0 Å². The number of amides is 1. The summed E-state index contributed by atoms with van der Waals surface area (Å²) in [4.78, 5) is 67.7. The van der Waals surface area contributed by atoms with Gasteiger partial charge in [0.25, 0.3) is 5.91 Å². The molecule has 278 valence electrons. The molecule has 3 aliphatic carbocycles. The molecule has 4 aliphatic rings. The summed E-state index contributed by atoms with van der Waals surface area (Å²) in [7, 11) is 2.37. The normalized spacial score (nSPS) is 28.8. The number of carbonyl (C=O) groups is 5. The number of hydrogen-bond donors (Lipinski definition) is 6. The zero-order valence-corrected chi connectivity index (χ0v) is 28.1. The van der Waals surface area contributed by atoms with Gasteiger partial charge in [-0.2, -0.15) is 13.2 Å². The highest BCUT2D eigenvalue weighted by Gasteiger charge is 2.68. The number of piperidine rings is 1. The molecule has 1 aromatic carbocycles. The molecule has 0 bridgehead atoms. The molecule has 1 amide bonds. The summed E-state index contributed by atoms with van der Waals surface area (Å²) < 4.78 is 44.1. The van der Waals surface area contributed by atoms with E-state index in [9.17, 15) is 62.7 Å². The van der Waals surface area contributed by atoms with Gasteiger partial charge in [-0.3, -0.25) is 33.8 Å². The number of aromatic hydroxyl groups is 1. The zero-order valence-electron chi connectivity index (χ0n) is 28.1. The standard InChI is InChI=1S/C34H40F3N3O11/c1-14-18-6-4-15(12-40-10-8-16(9-11-40)34(35,36)37)26(43)21(18)27(44)22-20(14)28(45)24-25(39(2)13-17(41)5-7-19(42)51-3)29(46)23(32(38)49)31(48)33(24,50)30(22)47/h4,6,14,16,20,24-25,28,43-45,48,50H,5,7-13H2,1-3H3,(H2,38,49)/t14-,20+,24+,25-,28?,33-/m0/s1. The minimum absolute atomic E-state index is 0.00662. The molecule has 6 atom stereocenters. The van der Waals surface area contributed by atoms with Crippen LogP contribution in [0.5, 0.6) is 5.75 Å². The molecule has 17 heteroatoms. The Morgan fingerprint density at radius 1 is 1.10 bits per heavy atom. The fourth-order valence-electron chi connectivity index (χ4n) is 8.16. The summed E-state index contributed by atoms with van der Waals surface area (Å²) >= 11 is 0. The second kappa shape index (κ2) is 13.7. The van der Waals surface area contributed by atoms with Gasteiger partial charge < -0.3 is 36.0 Å². The number of phenols is 1. The van der Waals surface area contributed by atoms with Crippen LogP contribution < -0.4 is 5.73 Å². The van der Waals surface area contributed by atoms with Gasteiger partial charge >= 0.3 is 12.1 Å². The maximum Gasteiger partial charge on any atom is 0.391 e. The van der Waals surface area contributed by atoms with Crippen LogP contribution >= 0.6 is 0 Å². The van der Waals surface area contributed by atoms with Crippen LogP contribution in [0.25, 0.3) is 5.76 Å². The van der Waals surface area contributed by atoms with E-state index in [4.69, 9.17) is 5.73 Å². The Morgan fingerprint density at radius 3 is 2.29 bits per heavy atom. The first-order chi connectivity index (χ1) is 23.8. The number of hydrogen-bond acceptors (Lipinski definition) is 13. The van der Waals surface area contributed by atoms with Crippen molar-refractivity contribution in [3.8, 4) is 5.75 Å². The Morgan fingerprint density at radius 2 is 1.73 bits per heavy atom. The lowest BCUT2D eigenvalue weighted by atomic mass is 9.54. The van der Waals surface area contributed by atoms with Crippen molar-refractivity contribution in [1.82, 2.24) is 9.80 Å². The summed E-state index contributed by atoms with van der Waals surface area (Å²) in [6.45, 7) is 1.18. The molecule has 0 spiro atoms. The number of Topliss-reactive ketones (excluding diaryl/α,β-unsaturated/α-hetero) is 3.